The highest BCUT2D eigenvalue weighted by molar-refractivity contribution is 5.74. The maximum atomic E-state index is 11.6. The number of nitrogens with one attached hydrogen (secondary N) is 1. The number of hydrogen-bond acceptors (Lipinski definition) is 5. The number of rotatable bonds is 2. The smallest absolute Gasteiger partial charge is 0.410 e. The highest BCUT2D eigenvalue weighted by Crippen LogP contribution is 2.53. The van der Waals surface area contributed by atoms with Gasteiger partial charge in [0.25, 0.3) is 0 Å². The lowest BCUT2D eigenvalue weighted by molar-refractivity contribution is -0.112. The molecule has 0 saturated carbocycles. The molecule has 1 aromatic rings. The van der Waals surface area contributed by atoms with Gasteiger partial charge in [0.15, 0.2) is 0 Å². The van der Waals surface area contributed by atoms with Gasteiger partial charge in [0.05, 0.1) is 6.17 Å². The quantitative estimate of drug-likeness (QED) is 0.832. The van der Waals surface area contributed by atoms with Crippen LogP contribution in [-0.4, -0.2) is 51.1 Å². The van der Waals surface area contributed by atoms with Gasteiger partial charge >= 0.3 is 6.09 Å². The van der Waals surface area contributed by atoms with Gasteiger partial charge in [-0.2, -0.15) is 0 Å². The van der Waals surface area contributed by atoms with Crippen molar-refractivity contribution >= 4 is 18.1 Å². The van der Waals surface area contributed by atoms with Gasteiger partial charge < -0.3 is 19.7 Å². The van der Waals surface area contributed by atoms with Crippen LogP contribution in [0.25, 0.3) is 0 Å². The number of nitrogens with zero attached hydrogens (tertiary/aromatic N) is 2. The summed E-state index contributed by atoms with van der Waals surface area (Å²) in [5.74, 6) is 0.411. The molecule has 1 saturated heterocycles. The van der Waals surface area contributed by atoms with Crippen molar-refractivity contribution in [2.24, 2.45) is 5.92 Å². The normalized spacial score (nSPS) is 29.9. The summed E-state index contributed by atoms with van der Waals surface area (Å²) in [5.41, 5.74) is 1.83. The topological polar surface area (TPSA) is 61.9 Å². The van der Waals surface area contributed by atoms with Crippen LogP contribution < -0.4 is 15.0 Å². The molecular weight excluding hydrogens is 282 g/mol. The van der Waals surface area contributed by atoms with Crippen LogP contribution in [0.5, 0.6) is 5.75 Å². The van der Waals surface area contributed by atoms with Crippen LogP contribution in [0.15, 0.2) is 18.2 Å². The molecule has 2 heterocycles. The predicted octanol–water partition coefficient (Wildman–Crippen LogP) is 1.20. The third-order valence-electron chi connectivity index (χ3n) is 5.08. The van der Waals surface area contributed by atoms with E-state index in [4.69, 9.17) is 4.74 Å². The van der Waals surface area contributed by atoms with E-state index in [0.717, 1.165) is 24.1 Å². The van der Waals surface area contributed by atoms with E-state index >= 15 is 0 Å². The number of carbonyl (C=O) groups excluding carboxylic acids is 2. The van der Waals surface area contributed by atoms with Crippen LogP contribution in [0.4, 0.5) is 10.5 Å². The van der Waals surface area contributed by atoms with E-state index in [9.17, 15) is 9.59 Å². The molecule has 0 aromatic heterocycles. The third kappa shape index (κ3) is 1.83. The predicted molar refractivity (Wildman–Crippen MR) is 83.3 cm³/mol. The van der Waals surface area contributed by atoms with Gasteiger partial charge in [-0.05, 0) is 30.8 Å². The zero-order valence-corrected chi connectivity index (χ0v) is 13.3. The maximum absolute atomic E-state index is 11.6. The Balaban J connectivity index is 2.07. The van der Waals surface area contributed by atoms with Gasteiger partial charge in [-0.15, -0.1) is 0 Å². The molecule has 6 nitrogen and oxygen atoms in total. The van der Waals surface area contributed by atoms with Gasteiger partial charge in [0, 0.05) is 37.7 Å². The number of aldehydes is 1. The van der Waals surface area contributed by atoms with Crippen molar-refractivity contribution in [2.75, 3.05) is 32.6 Å². The standard InChI is InChI=1S/C16H21N3O3/c1-16-10(9-20)8-18(3)14(16)19(4)13-6-5-11(7-12(13)16)22-15(21)17-2/h5-7,9-10,14H,8H2,1-4H3,(H,17,21). The molecule has 3 atom stereocenters. The van der Waals surface area contributed by atoms with E-state index < -0.39 is 6.09 Å². The number of anilines is 1. The van der Waals surface area contributed by atoms with E-state index in [1.165, 1.54) is 7.05 Å². The third-order valence-corrected chi connectivity index (χ3v) is 5.08. The lowest BCUT2D eigenvalue weighted by Crippen LogP contribution is -2.46. The minimum absolute atomic E-state index is 0.0820. The molecule has 1 aromatic carbocycles. The van der Waals surface area contributed by atoms with Crippen LogP contribution in [0, 0.1) is 5.92 Å². The lowest BCUT2D eigenvalue weighted by Gasteiger charge is -2.33. The Labute approximate surface area is 130 Å². The minimum Gasteiger partial charge on any atom is -0.410 e. The summed E-state index contributed by atoms with van der Waals surface area (Å²) in [5, 5.41) is 2.44. The molecule has 118 valence electrons. The van der Waals surface area contributed by atoms with Crippen LogP contribution in [-0.2, 0) is 10.2 Å². The van der Waals surface area contributed by atoms with Gasteiger partial charge in [-0.25, -0.2) is 4.79 Å². The molecule has 0 spiro atoms. The summed E-state index contributed by atoms with van der Waals surface area (Å²) in [6.07, 6.45) is 0.683. The average molecular weight is 303 g/mol. The second-order valence-corrected chi connectivity index (χ2v) is 6.27. The molecule has 2 aliphatic heterocycles. The van der Waals surface area contributed by atoms with Crippen molar-refractivity contribution in [1.82, 2.24) is 10.2 Å². The molecule has 0 aliphatic carbocycles. The Morgan fingerprint density at radius 2 is 2.18 bits per heavy atom. The summed E-state index contributed by atoms with van der Waals surface area (Å²) < 4.78 is 5.24. The molecule has 2 aliphatic rings. The number of fused-ring (bicyclic) bond motifs is 3. The molecule has 3 unspecified atom stereocenters. The number of hydrogen-bond donors (Lipinski definition) is 1. The first-order chi connectivity index (χ1) is 10.4. The van der Waals surface area contributed by atoms with Gasteiger partial charge in [0.2, 0.25) is 0 Å². The Bertz CT molecular complexity index is 633. The molecule has 0 radical (unpaired) electrons. The summed E-state index contributed by atoms with van der Waals surface area (Å²) in [6.45, 7) is 2.85. The Kier molecular flexibility index (Phi) is 3.36. The summed E-state index contributed by atoms with van der Waals surface area (Å²) >= 11 is 0. The zero-order chi connectivity index (χ0) is 16.1. The lowest BCUT2D eigenvalue weighted by atomic mass is 9.74. The second-order valence-electron chi connectivity index (χ2n) is 6.27. The van der Waals surface area contributed by atoms with Gasteiger partial charge in [0.1, 0.15) is 12.0 Å². The molecule has 1 N–H and O–H groups in total. The van der Waals surface area contributed by atoms with Crippen molar-refractivity contribution in [1.29, 1.82) is 0 Å². The van der Waals surface area contributed by atoms with E-state index in [1.807, 2.05) is 26.2 Å². The molecule has 0 bridgehead atoms. The summed E-state index contributed by atoms with van der Waals surface area (Å²) in [7, 11) is 5.60. The molecular formula is C16H21N3O3. The summed E-state index contributed by atoms with van der Waals surface area (Å²) in [6, 6.07) is 5.62. The average Bonchev–Trinajstić information content (AvgIpc) is 2.89. The van der Waals surface area contributed by atoms with Gasteiger partial charge in [-0.1, -0.05) is 6.92 Å². The first kappa shape index (κ1) is 14.8. The maximum Gasteiger partial charge on any atom is 0.412 e. The SMILES string of the molecule is CNC(=O)Oc1ccc2c(c1)C1(C)C(C=O)CN(C)C1N2C. The molecule has 1 fully saturated rings. The van der Waals surface area contributed by atoms with Crippen LogP contribution in [0.1, 0.15) is 12.5 Å². The van der Waals surface area contributed by atoms with E-state index in [1.54, 1.807) is 6.07 Å². The van der Waals surface area contributed by atoms with E-state index in [0.29, 0.717) is 5.75 Å². The van der Waals surface area contributed by atoms with E-state index in [-0.39, 0.29) is 17.5 Å². The van der Waals surface area contributed by atoms with Crippen molar-refractivity contribution in [3.8, 4) is 5.75 Å². The highest BCUT2D eigenvalue weighted by Gasteiger charge is 2.57. The summed E-state index contributed by atoms with van der Waals surface area (Å²) in [4.78, 5) is 27.4. The number of likely N-dealkylation sites (tertiary alicyclic amines) is 1. The minimum atomic E-state index is -0.497. The Morgan fingerprint density at radius 1 is 1.45 bits per heavy atom. The fourth-order valence-corrected chi connectivity index (χ4v) is 4.08. The first-order valence-corrected chi connectivity index (χ1v) is 7.36. The van der Waals surface area contributed by atoms with Crippen molar-refractivity contribution in [3.63, 3.8) is 0 Å². The van der Waals surface area contributed by atoms with Crippen LogP contribution in [0.2, 0.25) is 0 Å². The number of likely N-dealkylation sites (N-methyl/N-ethyl adjacent to an activating group) is 2. The van der Waals surface area contributed by atoms with Gasteiger partial charge in [-0.3, -0.25) is 4.90 Å². The van der Waals surface area contributed by atoms with Crippen LogP contribution in [0.3, 0.4) is 0 Å². The Morgan fingerprint density at radius 3 is 2.82 bits per heavy atom. The molecule has 1 amide bonds. The van der Waals surface area contributed by atoms with Crippen molar-refractivity contribution in [3.05, 3.63) is 23.8 Å². The molecule has 6 heteroatoms. The zero-order valence-electron chi connectivity index (χ0n) is 13.3. The number of amides is 1. The largest absolute Gasteiger partial charge is 0.412 e. The number of ether oxygens (including phenoxy) is 1. The fraction of sp³-hybridized carbons (Fsp3) is 0.500. The first-order valence-electron chi connectivity index (χ1n) is 7.36. The number of benzene rings is 1. The number of carbonyl (C=O) groups is 2. The second kappa shape index (κ2) is 4.98. The Hall–Kier alpha value is -2.08. The molecule has 22 heavy (non-hydrogen) atoms. The van der Waals surface area contributed by atoms with Crippen molar-refractivity contribution < 1.29 is 14.3 Å². The fourth-order valence-electron chi connectivity index (χ4n) is 4.08. The van der Waals surface area contributed by atoms with Crippen molar-refractivity contribution in [2.45, 2.75) is 18.5 Å². The molecule has 3 rings (SSSR count). The van der Waals surface area contributed by atoms with E-state index in [2.05, 4.69) is 22.0 Å². The van der Waals surface area contributed by atoms with Crippen LogP contribution >= 0.6 is 0 Å². The highest BCUT2D eigenvalue weighted by atomic mass is 16.5. The monoisotopic (exact) mass is 303 g/mol.